The summed E-state index contributed by atoms with van der Waals surface area (Å²) in [7, 11) is 0. The summed E-state index contributed by atoms with van der Waals surface area (Å²) in [6.45, 7) is 0. The average molecular weight is 294 g/mol. The number of aromatic nitrogens is 1. The SMILES string of the molecule is N/C(=N/O)c1ccc(SCc2ccc(Cl)cc2)cn1. The van der Waals surface area contributed by atoms with Crippen LogP contribution in [0.3, 0.4) is 0 Å². The predicted molar refractivity (Wildman–Crippen MR) is 77.8 cm³/mol. The summed E-state index contributed by atoms with van der Waals surface area (Å²) in [6, 6.07) is 11.3. The topological polar surface area (TPSA) is 71.5 Å². The lowest BCUT2D eigenvalue weighted by Crippen LogP contribution is -2.14. The van der Waals surface area contributed by atoms with Crippen LogP contribution in [-0.4, -0.2) is 16.0 Å². The number of nitrogens with two attached hydrogens (primary N) is 1. The van der Waals surface area contributed by atoms with Crippen LogP contribution in [0, 0.1) is 0 Å². The number of hydrogen-bond acceptors (Lipinski definition) is 4. The minimum atomic E-state index is 0.00857. The molecule has 1 aromatic heterocycles. The minimum absolute atomic E-state index is 0.00857. The van der Waals surface area contributed by atoms with Crippen LogP contribution in [0.5, 0.6) is 0 Å². The van der Waals surface area contributed by atoms with E-state index in [0.29, 0.717) is 5.69 Å². The van der Waals surface area contributed by atoms with E-state index in [1.807, 2.05) is 30.3 Å². The Morgan fingerprint density at radius 2 is 2.00 bits per heavy atom. The number of thioether (sulfide) groups is 1. The monoisotopic (exact) mass is 293 g/mol. The zero-order valence-electron chi connectivity index (χ0n) is 9.95. The molecule has 4 nitrogen and oxygen atoms in total. The van der Waals surface area contributed by atoms with Crippen molar-refractivity contribution in [3.63, 3.8) is 0 Å². The molecule has 6 heteroatoms. The fraction of sp³-hybridized carbons (Fsp3) is 0.0769. The second kappa shape index (κ2) is 6.45. The van der Waals surface area contributed by atoms with Crippen LogP contribution < -0.4 is 5.73 Å². The largest absolute Gasteiger partial charge is 0.409 e. The van der Waals surface area contributed by atoms with Gasteiger partial charge in [-0.25, -0.2) is 0 Å². The van der Waals surface area contributed by atoms with Gasteiger partial charge in [0.1, 0.15) is 5.69 Å². The second-order valence-electron chi connectivity index (χ2n) is 3.78. The van der Waals surface area contributed by atoms with Gasteiger partial charge < -0.3 is 10.9 Å². The molecule has 0 unspecified atom stereocenters. The molecule has 0 aliphatic heterocycles. The van der Waals surface area contributed by atoms with Gasteiger partial charge in [0.05, 0.1) is 0 Å². The van der Waals surface area contributed by atoms with Crippen LogP contribution in [0.4, 0.5) is 0 Å². The van der Waals surface area contributed by atoms with Gasteiger partial charge in [-0.2, -0.15) is 0 Å². The fourth-order valence-electron chi connectivity index (χ4n) is 1.42. The molecule has 98 valence electrons. The molecule has 0 saturated carbocycles. The first-order chi connectivity index (χ1) is 9.19. The van der Waals surface area contributed by atoms with E-state index < -0.39 is 0 Å². The van der Waals surface area contributed by atoms with Crippen molar-refractivity contribution in [3.05, 3.63) is 58.9 Å². The Morgan fingerprint density at radius 1 is 1.26 bits per heavy atom. The number of halogens is 1. The first-order valence-electron chi connectivity index (χ1n) is 5.50. The molecule has 1 heterocycles. The van der Waals surface area contributed by atoms with Gasteiger partial charge in [0.25, 0.3) is 0 Å². The molecule has 0 bridgehead atoms. The van der Waals surface area contributed by atoms with Crippen LogP contribution in [0.1, 0.15) is 11.3 Å². The summed E-state index contributed by atoms with van der Waals surface area (Å²) >= 11 is 7.49. The molecule has 0 radical (unpaired) electrons. The highest BCUT2D eigenvalue weighted by Crippen LogP contribution is 2.22. The molecular formula is C13H12ClN3OS. The summed E-state index contributed by atoms with van der Waals surface area (Å²) in [5, 5.41) is 12.2. The Labute approximate surface area is 120 Å². The van der Waals surface area contributed by atoms with Crippen LogP contribution in [-0.2, 0) is 5.75 Å². The Bertz CT molecular complexity index is 569. The normalized spacial score (nSPS) is 11.5. The number of pyridine rings is 1. The van der Waals surface area contributed by atoms with Gasteiger partial charge in [0.15, 0.2) is 5.84 Å². The van der Waals surface area contributed by atoms with Gasteiger partial charge in [0.2, 0.25) is 0 Å². The number of amidine groups is 1. The third-order valence-electron chi connectivity index (χ3n) is 2.43. The predicted octanol–water partition coefficient (Wildman–Crippen LogP) is 3.12. The third kappa shape index (κ3) is 3.87. The van der Waals surface area contributed by atoms with E-state index >= 15 is 0 Å². The maximum atomic E-state index is 8.54. The molecule has 0 amide bonds. The van der Waals surface area contributed by atoms with Crippen LogP contribution in [0.2, 0.25) is 5.02 Å². The standard InChI is InChI=1S/C13H12ClN3OS/c14-10-3-1-9(2-4-10)8-19-11-5-6-12(16-7-11)13(15)17-18/h1-7,18H,8H2,(H2,15,17). The van der Waals surface area contributed by atoms with Gasteiger partial charge in [-0.05, 0) is 29.8 Å². The zero-order chi connectivity index (χ0) is 13.7. The van der Waals surface area contributed by atoms with Crippen molar-refractivity contribution in [2.45, 2.75) is 10.6 Å². The molecule has 0 fully saturated rings. The average Bonchev–Trinajstić information content (AvgIpc) is 2.46. The first kappa shape index (κ1) is 13.7. The molecule has 2 rings (SSSR count). The number of benzene rings is 1. The lowest BCUT2D eigenvalue weighted by atomic mass is 10.2. The molecule has 0 atom stereocenters. The second-order valence-corrected chi connectivity index (χ2v) is 5.26. The maximum Gasteiger partial charge on any atom is 0.188 e. The maximum absolute atomic E-state index is 8.54. The number of nitrogens with zero attached hydrogens (tertiary/aromatic N) is 2. The molecule has 1 aromatic carbocycles. The summed E-state index contributed by atoms with van der Waals surface area (Å²) in [4.78, 5) is 5.14. The lowest BCUT2D eigenvalue weighted by molar-refractivity contribution is 0.318. The van der Waals surface area contributed by atoms with Gasteiger partial charge in [-0.3, -0.25) is 4.98 Å². The van der Waals surface area contributed by atoms with Crippen molar-refractivity contribution in [2.24, 2.45) is 10.9 Å². The zero-order valence-corrected chi connectivity index (χ0v) is 11.5. The highest BCUT2D eigenvalue weighted by Gasteiger charge is 2.02. The van der Waals surface area contributed by atoms with E-state index in [1.165, 1.54) is 5.56 Å². The number of rotatable bonds is 4. The molecule has 19 heavy (non-hydrogen) atoms. The van der Waals surface area contributed by atoms with Crippen LogP contribution in [0.15, 0.2) is 52.6 Å². The van der Waals surface area contributed by atoms with Crippen LogP contribution in [0.25, 0.3) is 0 Å². The van der Waals surface area contributed by atoms with Crippen molar-refractivity contribution < 1.29 is 5.21 Å². The van der Waals surface area contributed by atoms with E-state index in [-0.39, 0.29) is 5.84 Å². The Balaban J connectivity index is 1.98. The Kier molecular flexibility index (Phi) is 4.65. The Hall–Kier alpha value is -1.72. The number of hydrogen-bond donors (Lipinski definition) is 2. The van der Waals surface area contributed by atoms with Gasteiger partial charge in [0, 0.05) is 21.9 Å². The fourth-order valence-corrected chi connectivity index (χ4v) is 2.36. The molecule has 0 saturated heterocycles. The van der Waals surface area contributed by atoms with Gasteiger partial charge >= 0.3 is 0 Å². The van der Waals surface area contributed by atoms with Crippen molar-refractivity contribution in [3.8, 4) is 0 Å². The molecular weight excluding hydrogens is 282 g/mol. The Morgan fingerprint density at radius 3 is 2.58 bits per heavy atom. The quantitative estimate of drug-likeness (QED) is 0.299. The molecule has 2 aromatic rings. The first-order valence-corrected chi connectivity index (χ1v) is 6.86. The van der Waals surface area contributed by atoms with E-state index in [1.54, 1.807) is 24.0 Å². The van der Waals surface area contributed by atoms with E-state index in [4.69, 9.17) is 22.5 Å². The minimum Gasteiger partial charge on any atom is -0.409 e. The molecule has 0 aliphatic rings. The van der Waals surface area contributed by atoms with Crippen molar-refractivity contribution in [2.75, 3.05) is 0 Å². The molecule has 0 spiro atoms. The lowest BCUT2D eigenvalue weighted by Gasteiger charge is -2.03. The summed E-state index contributed by atoms with van der Waals surface area (Å²) in [5.41, 5.74) is 7.09. The third-order valence-corrected chi connectivity index (χ3v) is 3.73. The summed E-state index contributed by atoms with van der Waals surface area (Å²) < 4.78 is 0. The summed E-state index contributed by atoms with van der Waals surface area (Å²) in [5.74, 6) is 0.844. The molecule has 3 N–H and O–H groups in total. The van der Waals surface area contributed by atoms with Crippen molar-refractivity contribution >= 4 is 29.2 Å². The van der Waals surface area contributed by atoms with Gasteiger partial charge in [-0.15, -0.1) is 11.8 Å². The summed E-state index contributed by atoms with van der Waals surface area (Å²) in [6.07, 6.45) is 1.70. The van der Waals surface area contributed by atoms with Gasteiger partial charge in [-0.1, -0.05) is 28.9 Å². The van der Waals surface area contributed by atoms with E-state index in [2.05, 4.69) is 10.1 Å². The highest BCUT2D eigenvalue weighted by atomic mass is 35.5. The highest BCUT2D eigenvalue weighted by molar-refractivity contribution is 7.98. The number of oxime groups is 1. The van der Waals surface area contributed by atoms with Crippen molar-refractivity contribution in [1.82, 2.24) is 4.98 Å². The molecule has 0 aliphatic carbocycles. The van der Waals surface area contributed by atoms with E-state index in [9.17, 15) is 0 Å². The van der Waals surface area contributed by atoms with Crippen molar-refractivity contribution in [1.29, 1.82) is 0 Å². The van der Waals surface area contributed by atoms with E-state index in [0.717, 1.165) is 15.7 Å². The van der Waals surface area contributed by atoms with Crippen LogP contribution >= 0.6 is 23.4 Å². The smallest absolute Gasteiger partial charge is 0.188 e.